The molecule has 72 valence electrons. The van der Waals surface area contributed by atoms with Crippen LogP contribution in [-0.4, -0.2) is 10.1 Å². The van der Waals surface area contributed by atoms with Crippen LogP contribution in [0.5, 0.6) is 0 Å². The van der Waals surface area contributed by atoms with E-state index in [4.69, 9.17) is 10.8 Å². The number of alkyl halides is 2. The van der Waals surface area contributed by atoms with Crippen LogP contribution >= 0.6 is 15.9 Å². The molecule has 0 amide bonds. The van der Waals surface area contributed by atoms with E-state index in [-0.39, 0.29) is 22.6 Å². The number of aliphatic hydroxyl groups excluding tert-OH is 1. The van der Waals surface area contributed by atoms with E-state index in [1.807, 2.05) is 0 Å². The predicted octanol–water partition coefficient (Wildman–Crippen LogP) is 1.86. The molecule has 1 heterocycles. The standard InChI is InChI=1S/C7H7BrF2N2O/c8-5-3(2-13)1-4(6(9)10)7(11)12-5/h1,6,13H,2H2,(H2,11,12). The number of pyridine rings is 1. The molecule has 1 aromatic heterocycles. The van der Waals surface area contributed by atoms with E-state index in [1.165, 1.54) is 0 Å². The van der Waals surface area contributed by atoms with E-state index in [1.54, 1.807) is 0 Å². The Morgan fingerprint density at radius 3 is 2.69 bits per heavy atom. The van der Waals surface area contributed by atoms with Gasteiger partial charge < -0.3 is 10.8 Å². The van der Waals surface area contributed by atoms with Crippen LogP contribution < -0.4 is 5.73 Å². The maximum Gasteiger partial charge on any atom is 0.267 e. The minimum absolute atomic E-state index is 0.223. The molecule has 13 heavy (non-hydrogen) atoms. The van der Waals surface area contributed by atoms with Crippen molar-refractivity contribution in [1.82, 2.24) is 4.98 Å². The van der Waals surface area contributed by atoms with Crippen LogP contribution in [0.15, 0.2) is 10.7 Å². The zero-order chi connectivity index (χ0) is 10.0. The van der Waals surface area contributed by atoms with Crippen molar-refractivity contribution in [1.29, 1.82) is 0 Å². The summed E-state index contributed by atoms with van der Waals surface area (Å²) in [4.78, 5) is 3.62. The van der Waals surface area contributed by atoms with E-state index in [9.17, 15) is 8.78 Å². The van der Waals surface area contributed by atoms with Crippen LogP contribution in [0.3, 0.4) is 0 Å². The quantitative estimate of drug-likeness (QED) is 0.791. The summed E-state index contributed by atoms with van der Waals surface area (Å²) in [5.74, 6) is -0.223. The summed E-state index contributed by atoms with van der Waals surface area (Å²) in [6, 6.07) is 1.14. The lowest BCUT2D eigenvalue weighted by molar-refractivity contribution is 0.151. The first-order valence-corrected chi connectivity index (χ1v) is 4.19. The third kappa shape index (κ3) is 2.13. The molecule has 0 saturated carbocycles. The number of aromatic nitrogens is 1. The van der Waals surface area contributed by atoms with Crippen LogP contribution in [0.2, 0.25) is 0 Å². The third-order valence-electron chi connectivity index (χ3n) is 1.51. The highest BCUT2D eigenvalue weighted by Gasteiger charge is 2.15. The number of aliphatic hydroxyl groups is 1. The zero-order valence-corrected chi connectivity index (χ0v) is 8.05. The van der Waals surface area contributed by atoms with E-state index in [0.29, 0.717) is 5.56 Å². The van der Waals surface area contributed by atoms with Crippen molar-refractivity contribution >= 4 is 21.7 Å². The van der Waals surface area contributed by atoms with Gasteiger partial charge in [-0.05, 0) is 22.0 Å². The van der Waals surface area contributed by atoms with Crippen molar-refractivity contribution < 1.29 is 13.9 Å². The number of nitrogen functional groups attached to an aromatic ring is 1. The van der Waals surface area contributed by atoms with Crippen molar-refractivity contribution in [3.05, 3.63) is 21.8 Å². The first kappa shape index (κ1) is 10.3. The van der Waals surface area contributed by atoms with Gasteiger partial charge in [0.05, 0.1) is 12.2 Å². The second-order valence-corrected chi connectivity index (χ2v) is 3.12. The molecule has 0 fully saturated rings. The number of rotatable bonds is 2. The van der Waals surface area contributed by atoms with Crippen molar-refractivity contribution in [2.24, 2.45) is 0 Å². The average molecular weight is 253 g/mol. The molecule has 0 aliphatic heterocycles. The fourth-order valence-electron chi connectivity index (χ4n) is 0.849. The number of hydrogen-bond acceptors (Lipinski definition) is 3. The second kappa shape index (κ2) is 3.97. The molecule has 6 heteroatoms. The Morgan fingerprint density at radius 1 is 1.62 bits per heavy atom. The molecule has 1 aromatic rings. The molecule has 0 aliphatic rings. The molecule has 3 N–H and O–H groups in total. The van der Waals surface area contributed by atoms with E-state index in [2.05, 4.69) is 20.9 Å². The van der Waals surface area contributed by atoms with E-state index in [0.717, 1.165) is 6.07 Å². The highest BCUT2D eigenvalue weighted by atomic mass is 79.9. The highest BCUT2D eigenvalue weighted by Crippen LogP contribution is 2.27. The van der Waals surface area contributed by atoms with Gasteiger partial charge in [0.2, 0.25) is 0 Å². The lowest BCUT2D eigenvalue weighted by atomic mass is 10.2. The molecule has 0 radical (unpaired) electrons. The van der Waals surface area contributed by atoms with Crippen molar-refractivity contribution in [3.8, 4) is 0 Å². The highest BCUT2D eigenvalue weighted by molar-refractivity contribution is 9.10. The lowest BCUT2D eigenvalue weighted by Crippen LogP contribution is -2.01. The first-order chi connectivity index (χ1) is 6.06. The minimum Gasteiger partial charge on any atom is -0.392 e. The summed E-state index contributed by atoms with van der Waals surface area (Å²) in [7, 11) is 0. The van der Waals surface area contributed by atoms with Gasteiger partial charge in [0, 0.05) is 5.56 Å². The molecule has 0 aromatic carbocycles. The van der Waals surface area contributed by atoms with Crippen LogP contribution in [0.25, 0.3) is 0 Å². The number of nitrogens with two attached hydrogens (primary N) is 1. The molecular weight excluding hydrogens is 246 g/mol. The van der Waals surface area contributed by atoms with Crippen LogP contribution in [0.4, 0.5) is 14.6 Å². The fraction of sp³-hybridized carbons (Fsp3) is 0.286. The minimum atomic E-state index is -2.68. The molecule has 0 spiro atoms. The average Bonchev–Trinajstić information content (AvgIpc) is 2.03. The molecule has 3 nitrogen and oxygen atoms in total. The summed E-state index contributed by atoms with van der Waals surface area (Å²) < 4.78 is 24.8. The molecule has 0 unspecified atom stereocenters. The summed E-state index contributed by atoms with van der Waals surface area (Å²) in [5.41, 5.74) is 5.18. The van der Waals surface area contributed by atoms with Gasteiger partial charge in [-0.15, -0.1) is 0 Å². The third-order valence-corrected chi connectivity index (χ3v) is 2.20. The Bertz CT molecular complexity index is 320. The van der Waals surface area contributed by atoms with Crippen molar-refractivity contribution in [3.63, 3.8) is 0 Å². The molecular formula is C7H7BrF2N2O. The largest absolute Gasteiger partial charge is 0.392 e. The Balaban J connectivity index is 3.22. The Labute approximate surface area is 81.7 Å². The van der Waals surface area contributed by atoms with Gasteiger partial charge in [-0.3, -0.25) is 0 Å². The first-order valence-electron chi connectivity index (χ1n) is 3.40. The van der Waals surface area contributed by atoms with Crippen molar-refractivity contribution in [2.75, 3.05) is 5.73 Å². The van der Waals surface area contributed by atoms with Crippen LogP contribution in [0.1, 0.15) is 17.6 Å². The molecule has 0 atom stereocenters. The van der Waals surface area contributed by atoms with Gasteiger partial charge in [0.15, 0.2) is 0 Å². The number of nitrogens with zero attached hydrogens (tertiary/aromatic N) is 1. The SMILES string of the molecule is Nc1nc(Br)c(CO)cc1C(F)F. The smallest absolute Gasteiger partial charge is 0.267 e. The molecule has 0 aliphatic carbocycles. The monoisotopic (exact) mass is 252 g/mol. The predicted molar refractivity (Wildman–Crippen MR) is 47.2 cm³/mol. The summed E-state index contributed by atoms with van der Waals surface area (Å²) >= 11 is 2.99. The number of anilines is 1. The Kier molecular flexibility index (Phi) is 3.16. The second-order valence-electron chi connectivity index (χ2n) is 2.37. The lowest BCUT2D eigenvalue weighted by Gasteiger charge is -2.07. The summed E-state index contributed by atoms with van der Waals surface area (Å²) in [5, 5.41) is 8.76. The van der Waals surface area contributed by atoms with Crippen LogP contribution in [-0.2, 0) is 6.61 Å². The van der Waals surface area contributed by atoms with E-state index < -0.39 is 6.43 Å². The Hall–Kier alpha value is -0.750. The van der Waals surface area contributed by atoms with Gasteiger partial charge >= 0.3 is 0 Å². The van der Waals surface area contributed by atoms with Gasteiger partial charge in [-0.1, -0.05) is 0 Å². The molecule has 0 bridgehead atoms. The maximum atomic E-state index is 12.3. The van der Waals surface area contributed by atoms with Gasteiger partial charge in [-0.2, -0.15) is 0 Å². The van der Waals surface area contributed by atoms with E-state index >= 15 is 0 Å². The van der Waals surface area contributed by atoms with Crippen molar-refractivity contribution in [2.45, 2.75) is 13.0 Å². The Morgan fingerprint density at radius 2 is 2.23 bits per heavy atom. The fourth-order valence-corrected chi connectivity index (χ4v) is 1.28. The molecule has 0 saturated heterocycles. The van der Waals surface area contributed by atoms with Crippen LogP contribution in [0, 0.1) is 0 Å². The molecule has 1 rings (SSSR count). The zero-order valence-electron chi connectivity index (χ0n) is 6.47. The topological polar surface area (TPSA) is 59.1 Å². The van der Waals surface area contributed by atoms with Gasteiger partial charge in [0.25, 0.3) is 6.43 Å². The summed E-state index contributed by atoms with van der Waals surface area (Å²) in [6.07, 6.45) is -2.68. The van der Waals surface area contributed by atoms with Gasteiger partial charge in [0.1, 0.15) is 10.4 Å². The summed E-state index contributed by atoms with van der Waals surface area (Å²) in [6.45, 7) is -0.354. The van der Waals surface area contributed by atoms with Gasteiger partial charge in [-0.25, -0.2) is 13.8 Å². The normalized spacial score (nSPS) is 10.8. The maximum absolute atomic E-state index is 12.3. The number of halogens is 3. The number of hydrogen-bond donors (Lipinski definition) is 2.